The highest BCUT2D eigenvalue weighted by molar-refractivity contribution is 6.32. The van der Waals surface area contributed by atoms with E-state index >= 15 is 0 Å². The quantitative estimate of drug-likeness (QED) is 0.439. The summed E-state index contributed by atoms with van der Waals surface area (Å²) >= 11 is 6.19. The largest absolute Gasteiger partial charge is 0.497 e. The van der Waals surface area contributed by atoms with Crippen LogP contribution in [0.1, 0.15) is 11.4 Å². The van der Waals surface area contributed by atoms with E-state index < -0.39 is 0 Å². The SMILES string of the molecule is COc1ccc(CNC(=O)Cn2c(COc3ccccc3Cl)nc3ccccc32)cc1. The number of imidazole rings is 1. The summed E-state index contributed by atoms with van der Waals surface area (Å²) in [4.78, 5) is 17.3. The van der Waals surface area contributed by atoms with Gasteiger partial charge in [0, 0.05) is 6.54 Å². The molecular formula is C24H22ClN3O3. The summed E-state index contributed by atoms with van der Waals surface area (Å²) in [7, 11) is 1.62. The first-order chi connectivity index (χ1) is 15.1. The van der Waals surface area contributed by atoms with Gasteiger partial charge in [0.05, 0.1) is 23.2 Å². The minimum atomic E-state index is -0.113. The topological polar surface area (TPSA) is 65.4 Å². The van der Waals surface area contributed by atoms with E-state index in [9.17, 15) is 4.79 Å². The number of carbonyl (C=O) groups excluding carboxylic acids is 1. The second-order valence-corrected chi connectivity index (χ2v) is 7.35. The summed E-state index contributed by atoms with van der Waals surface area (Å²) in [5.41, 5.74) is 2.68. The fourth-order valence-electron chi connectivity index (χ4n) is 3.26. The molecule has 4 rings (SSSR count). The molecule has 1 heterocycles. The molecule has 0 saturated heterocycles. The molecular weight excluding hydrogens is 414 g/mol. The normalized spacial score (nSPS) is 10.8. The molecule has 1 N–H and O–H groups in total. The van der Waals surface area contributed by atoms with Gasteiger partial charge in [-0.15, -0.1) is 0 Å². The number of fused-ring (bicyclic) bond motifs is 1. The number of nitrogens with zero attached hydrogens (tertiary/aromatic N) is 2. The Hall–Kier alpha value is -3.51. The Morgan fingerprint density at radius 3 is 2.55 bits per heavy atom. The molecule has 4 aromatic rings. The Bertz CT molecular complexity index is 1190. The lowest BCUT2D eigenvalue weighted by Crippen LogP contribution is -2.28. The smallest absolute Gasteiger partial charge is 0.240 e. The zero-order chi connectivity index (χ0) is 21.6. The molecule has 7 heteroatoms. The van der Waals surface area contributed by atoms with Crippen molar-refractivity contribution in [1.29, 1.82) is 0 Å². The molecule has 6 nitrogen and oxygen atoms in total. The van der Waals surface area contributed by atoms with E-state index in [1.54, 1.807) is 19.2 Å². The standard InChI is InChI=1S/C24H22ClN3O3/c1-30-18-12-10-17(11-13-18)14-26-24(29)15-28-21-8-4-3-7-20(21)27-23(28)16-31-22-9-5-2-6-19(22)25/h2-13H,14-16H2,1H3,(H,26,29). The summed E-state index contributed by atoms with van der Waals surface area (Å²) in [5.74, 6) is 1.90. The van der Waals surface area contributed by atoms with Crippen molar-refractivity contribution >= 4 is 28.5 Å². The maximum atomic E-state index is 12.7. The van der Waals surface area contributed by atoms with Crippen LogP contribution in [0.25, 0.3) is 11.0 Å². The molecule has 0 fully saturated rings. The lowest BCUT2D eigenvalue weighted by Gasteiger charge is -2.12. The second-order valence-electron chi connectivity index (χ2n) is 6.95. The van der Waals surface area contributed by atoms with Gasteiger partial charge in [-0.3, -0.25) is 4.79 Å². The van der Waals surface area contributed by atoms with Crippen molar-refractivity contribution in [2.45, 2.75) is 19.7 Å². The zero-order valence-electron chi connectivity index (χ0n) is 17.0. The van der Waals surface area contributed by atoms with Crippen LogP contribution in [0, 0.1) is 0 Å². The number of methoxy groups -OCH3 is 1. The summed E-state index contributed by atoms with van der Waals surface area (Å²) in [5, 5.41) is 3.49. The number of ether oxygens (including phenoxy) is 2. The molecule has 0 unspecified atom stereocenters. The number of hydrogen-bond donors (Lipinski definition) is 1. The Morgan fingerprint density at radius 2 is 1.77 bits per heavy atom. The number of para-hydroxylation sites is 3. The lowest BCUT2D eigenvalue weighted by atomic mass is 10.2. The van der Waals surface area contributed by atoms with Crippen LogP contribution in [-0.4, -0.2) is 22.6 Å². The Kier molecular flexibility index (Phi) is 6.38. The van der Waals surface area contributed by atoms with E-state index in [2.05, 4.69) is 10.3 Å². The Morgan fingerprint density at radius 1 is 1.03 bits per heavy atom. The Balaban J connectivity index is 1.48. The van der Waals surface area contributed by atoms with Crippen LogP contribution in [0.2, 0.25) is 5.02 Å². The van der Waals surface area contributed by atoms with Crippen LogP contribution < -0.4 is 14.8 Å². The highest BCUT2D eigenvalue weighted by Crippen LogP contribution is 2.25. The minimum absolute atomic E-state index is 0.113. The fourth-order valence-corrected chi connectivity index (χ4v) is 3.45. The number of carbonyl (C=O) groups is 1. The third kappa shape index (κ3) is 4.98. The third-order valence-electron chi connectivity index (χ3n) is 4.88. The van der Waals surface area contributed by atoms with E-state index in [4.69, 9.17) is 21.1 Å². The molecule has 0 spiro atoms. The predicted molar refractivity (Wildman–Crippen MR) is 120 cm³/mol. The van der Waals surface area contributed by atoms with Crippen LogP contribution in [0.5, 0.6) is 11.5 Å². The molecule has 31 heavy (non-hydrogen) atoms. The van der Waals surface area contributed by atoms with Crippen molar-refractivity contribution in [2.75, 3.05) is 7.11 Å². The molecule has 0 radical (unpaired) electrons. The second kappa shape index (κ2) is 9.53. The Labute approximate surface area is 185 Å². The van der Waals surface area contributed by atoms with Crippen molar-refractivity contribution in [3.05, 3.63) is 89.2 Å². The number of hydrogen-bond acceptors (Lipinski definition) is 4. The first-order valence-electron chi connectivity index (χ1n) is 9.85. The monoisotopic (exact) mass is 435 g/mol. The van der Waals surface area contributed by atoms with Crippen molar-refractivity contribution < 1.29 is 14.3 Å². The van der Waals surface area contributed by atoms with Crippen molar-refractivity contribution in [1.82, 2.24) is 14.9 Å². The average molecular weight is 436 g/mol. The van der Waals surface area contributed by atoms with Gasteiger partial charge >= 0.3 is 0 Å². The highest BCUT2D eigenvalue weighted by Gasteiger charge is 2.14. The molecule has 0 aliphatic rings. The molecule has 0 atom stereocenters. The summed E-state index contributed by atoms with van der Waals surface area (Å²) < 4.78 is 12.9. The van der Waals surface area contributed by atoms with Crippen molar-refractivity contribution in [3.63, 3.8) is 0 Å². The number of benzene rings is 3. The molecule has 1 amide bonds. The molecule has 0 aliphatic heterocycles. The zero-order valence-corrected chi connectivity index (χ0v) is 17.8. The molecule has 1 aromatic heterocycles. The molecule has 158 valence electrons. The van der Waals surface area contributed by atoms with Gasteiger partial charge in [0.15, 0.2) is 0 Å². The summed E-state index contributed by atoms with van der Waals surface area (Å²) in [6, 6.07) is 22.6. The van der Waals surface area contributed by atoms with E-state index in [0.29, 0.717) is 23.1 Å². The molecule has 0 bridgehead atoms. The summed E-state index contributed by atoms with van der Waals surface area (Å²) in [6.45, 7) is 0.767. The van der Waals surface area contributed by atoms with Crippen LogP contribution >= 0.6 is 11.6 Å². The molecule has 0 saturated carbocycles. The number of rotatable bonds is 8. The maximum Gasteiger partial charge on any atom is 0.240 e. The van der Waals surface area contributed by atoms with Crippen LogP contribution in [0.15, 0.2) is 72.8 Å². The number of aromatic nitrogens is 2. The van der Waals surface area contributed by atoms with E-state index in [-0.39, 0.29) is 19.1 Å². The molecule has 0 aliphatic carbocycles. The minimum Gasteiger partial charge on any atom is -0.497 e. The third-order valence-corrected chi connectivity index (χ3v) is 5.19. The highest BCUT2D eigenvalue weighted by atomic mass is 35.5. The van der Waals surface area contributed by atoms with Crippen molar-refractivity contribution in [2.24, 2.45) is 0 Å². The van der Waals surface area contributed by atoms with Crippen LogP contribution in [0.3, 0.4) is 0 Å². The van der Waals surface area contributed by atoms with Crippen LogP contribution in [0.4, 0.5) is 0 Å². The van der Waals surface area contributed by atoms with Gasteiger partial charge in [-0.2, -0.15) is 0 Å². The van der Waals surface area contributed by atoms with E-state index in [1.807, 2.05) is 65.2 Å². The van der Waals surface area contributed by atoms with Gasteiger partial charge in [-0.1, -0.05) is 48.0 Å². The molecule has 3 aromatic carbocycles. The summed E-state index contributed by atoms with van der Waals surface area (Å²) in [6.07, 6.45) is 0. The van der Waals surface area contributed by atoms with E-state index in [0.717, 1.165) is 22.3 Å². The van der Waals surface area contributed by atoms with E-state index in [1.165, 1.54) is 0 Å². The van der Waals surface area contributed by atoms with Gasteiger partial charge in [0.1, 0.15) is 30.5 Å². The lowest BCUT2D eigenvalue weighted by molar-refractivity contribution is -0.121. The predicted octanol–water partition coefficient (Wildman–Crippen LogP) is 4.59. The van der Waals surface area contributed by atoms with Gasteiger partial charge < -0.3 is 19.4 Å². The van der Waals surface area contributed by atoms with Crippen LogP contribution in [-0.2, 0) is 24.5 Å². The van der Waals surface area contributed by atoms with Crippen molar-refractivity contribution in [3.8, 4) is 11.5 Å². The average Bonchev–Trinajstić information content (AvgIpc) is 3.15. The number of amides is 1. The van der Waals surface area contributed by atoms with Gasteiger partial charge in [-0.25, -0.2) is 4.98 Å². The fraction of sp³-hybridized carbons (Fsp3) is 0.167. The maximum absolute atomic E-state index is 12.7. The first kappa shape index (κ1) is 20.8. The first-order valence-corrected chi connectivity index (χ1v) is 10.2. The number of nitrogens with one attached hydrogen (secondary N) is 1. The van der Waals surface area contributed by atoms with Gasteiger partial charge in [0.2, 0.25) is 5.91 Å². The van der Waals surface area contributed by atoms with Gasteiger partial charge in [0.25, 0.3) is 0 Å². The number of halogens is 1. The van der Waals surface area contributed by atoms with Gasteiger partial charge in [-0.05, 0) is 42.0 Å².